The molecule has 3 rings (SSSR count). The van der Waals surface area contributed by atoms with Crippen molar-refractivity contribution in [3.63, 3.8) is 0 Å². The van der Waals surface area contributed by atoms with Crippen LogP contribution in [0, 0.1) is 6.92 Å². The summed E-state index contributed by atoms with van der Waals surface area (Å²) in [5, 5.41) is 3.40. The van der Waals surface area contributed by atoms with Crippen LogP contribution in [0.2, 0.25) is 5.15 Å². The molecule has 6 nitrogen and oxygen atoms in total. The van der Waals surface area contributed by atoms with Crippen molar-refractivity contribution in [1.82, 2.24) is 19.6 Å². The van der Waals surface area contributed by atoms with E-state index in [1.54, 1.807) is 11.6 Å². The van der Waals surface area contributed by atoms with Crippen LogP contribution in [0.25, 0.3) is 5.65 Å². The number of hydrogen-bond donors (Lipinski definition) is 1. The van der Waals surface area contributed by atoms with Gasteiger partial charge in [-0.05, 0) is 36.8 Å². The van der Waals surface area contributed by atoms with Gasteiger partial charge in [0.05, 0.1) is 13.7 Å². The van der Waals surface area contributed by atoms with Gasteiger partial charge in [-0.3, -0.25) is 0 Å². The molecule has 7 heteroatoms. The van der Waals surface area contributed by atoms with Crippen molar-refractivity contribution in [3.8, 4) is 11.8 Å². The van der Waals surface area contributed by atoms with E-state index in [9.17, 15) is 0 Å². The number of halogens is 1. The van der Waals surface area contributed by atoms with Gasteiger partial charge in [-0.15, -0.1) is 0 Å². The van der Waals surface area contributed by atoms with E-state index in [1.807, 2.05) is 0 Å². The minimum Gasteiger partial charge on any atom is -0.493 e. The van der Waals surface area contributed by atoms with E-state index in [-0.39, 0.29) is 5.41 Å². The summed E-state index contributed by atoms with van der Waals surface area (Å²) in [5.41, 5.74) is 3.17. The third kappa shape index (κ3) is 4.05. The molecule has 0 saturated heterocycles. The maximum absolute atomic E-state index is 6.16. The van der Waals surface area contributed by atoms with Gasteiger partial charge in [0.15, 0.2) is 10.8 Å². The van der Waals surface area contributed by atoms with Crippen molar-refractivity contribution < 1.29 is 9.47 Å². The number of methoxy groups -OCH3 is 1. The number of benzene rings is 1. The Morgan fingerprint density at radius 1 is 1.26 bits per heavy atom. The topological polar surface area (TPSA) is 64.4 Å². The van der Waals surface area contributed by atoms with Gasteiger partial charge in [-0.25, -0.2) is 14.6 Å². The number of aromatic amines is 1. The molecule has 0 unspecified atom stereocenters. The second kappa shape index (κ2) is 7.80. The van der Waals surface area contributed by atoms with Gasteiger partial charge in [0.1, 0.15) is 11.6 Å². The van der Waals surface area contributed by atoms with Gasteiger partial charge in [0.25, 0.3) is 0 Å². The molecule has 0 atom stereocenters. The molecule has 0 bridgehead atoms. The molecule has 2 heterocycles. The average Bonchev–Trinajstić information content (AvgIpc) is 3.20. The lowest BCUT2D eigenvalue weighted by Gasteiger charge is -2.26. The second-order valence-electron chi connectivity index (χ2n) is 7.40. The Bertz CT molecular complexity index is 930. The van der Waals surface area contributed by atoms with Crippen molar-refractivity contribution in [2.45, 2.75) is 52.4 Å². The average molecular weight is 391 g/mol. The molecule has 0 spiro atoms. The van der Waals surface area contributed by atoms with E-state index in [2.05, 4.69) is 61.0 Å². The lowest BCUT2D eigenvalue weighted by atomic mass is 9.81. The number of rotatable bonds is 8. The van der Waals surface area contributed by atoms with Crippen LogP contribution in [0.3, 0.4) is 0 Å². The van der Waals surface area contributed by atoms with Crippen LogP contribution in [0.15, 0.2) is 18.2 Å². The summed E-state index contributed by atoms with van der Waals surface area (Å²) in [4.78, 5) is 8.62. The molecular weight excluding hydrogens is 364 g/mol. The van der Waals surface area contributed by atoms with E-state index >= 15 is 0 Å². The molecular formula is C20H27ClN4O2. The Balaban J connectivity index is 1.67. The number of fused-ring (bicyclic) bond motifs is 1. The number of nitrogens with zero attached hydrogens (tertiary/aromatic N) is 3. The third-order valence-corrected chi connectivity index (χ3v) is 5.29. The maximum Gasteiger partial charge on any atom is 0.311 e. The first-order valence-corrected chi connectivity index (χ1v) is 9.64. The highest BCUT2D eigenvalue weighted by atomic mass is 35.5. The highest BCUT2D eigenvalue weighted by molar-refractivity contribution is 6.32. The van der Waals surface area contributed by atoms with Crippen LogP contribution in [0.1, 0.15) is 50.6 Å². The van der Waals surface area contributed by atoms with Gasteiger partial charge in [-0.1, -0.05) is 50.1 Å². The van der Waals surface area contributed by atoms with E-state index in [1.165, 1.54) is 11.1 Å². The summed E-state index contributed by atoms with van der Waals surface area (Å²) in [6, 6.07) is 6.82. The van der Waals surface area contributed by atoms with Gasteiger partial charge in [0, 0.05) is 6.42 Å². The van der Waals surface area contributed by atoms with Crippen LogP contribution in [0.4, 0.5) is 0 Å². The second-order valence-corrected chi connectivity index (χ2v) is 7.76. The molecule has 0 aliphatic rings. The zero-order valence-corrected chi connectivity index (χ0v) is 17.4. The van der Waals surface area contributed by atoms with Crippen LogP contribution in [0.5, 0.6) is 11.8 Å². The molecule has 27 heavy (non-hydrogen) atoms. The lowest BCUT2D eigenvalue weighted by Crippen LogP contribution is -2.17. The SMILES string of the molecule is CCC(C)(C)c1cc(C)ccc1OCCCc1nc(Cl)c2nc(OC)[nH]n12. The van der Waals surface area contributed by atoms with E-state index in [0.717, 1.165) is 30.8 Å². The lowest BCUT2D eigenvalue weighted by molar-refractivity contribution is 0.299. The standard InChI is InChI=1S/C20H27ClN4O2/c1-6-20(3,4)14-12-13(2)9-10-15(14)27-11-7-8-16-22-17(21)18-23-19(26-5)24-25(16)18/h9-10,12H,6-8,11H2,1-5H3,(H,23,24). The monoisotopic (exact) mass is 390 g/mol. The summed E-state index contributed by atoms with van der Waals surface area (Å²) in [7, 11) is 1.56. The summed E-state index contributed by atoms with van der Waals surface area (Å²) in [6.07, 6.45) is 2.59. The number of aryl methyl sites for hydroxylation is 2. The van der Waals surface area contributed by atoms with Gasteiger partial charge in [-0.2, -0.15) is 4.98 Å². The highest BCUT2D eigenvalue weighted by Gasteiger charge is 2.22. The number of ether oxygens (including phenoxy) is 2. The largest absolute Gasteiger partial charge is 0.493 e. The fourth-order valence-corrected chi connectivity index (χ4v) is 3.24. The van der Waals surface area contributed by atoms with Crippen molar-refractivity contribution in [2.75, 3.05) is 13.7 Å². The van der Waals surface area contributed by atoms with E-state index in [4.69, 9.17) is 21.1 Å². The minimum atomic E-state index is 0.0800. The highest BCUT2D eigenvalue weighted by Crippen LogP contribution is 2.35. The summed E-state index contributed by atoms with van der Waals surface area (Å²) >= 11 is 6.16. The molecule has 0 amide bonds. The number of nitrogens with one attached hydrogen (secondary N) is 1. The Hall–Kier alpha value is -2.21. The van der Waals surface area contributed by atoms with Crippen molar-refractivity contribution in [1.29, 1.82) is 0 Å². The smallest absolute Gasteiger partial charge is 0.311 e. The van der Waals surface area contributed by atoms with Crippen molar-refractivity contribution in [3.05, 3.63) is 40.3 Å². The predicted octanol–water partition coefficient (Wildman–Crippen LogP) is 4.73. The Kier molecular flexibility index (Phi) is 5.65. The number of aromatic nitrogens is 4. The minimum absolute atomic E-state index is 0.0800. The van der Waals surface area contributed by atoms with Crippen molar-refractivity contribution in [2.24, 2.45) is 0 Å². The molecule has 0 radical (unpaired) electrons. The predicted molar refractivity (Wildman–Crippen MR) is 107 cm³/mol. The van der Waals surface area contributed by atoms with Crippen molar-refractivity contribution >= 4 is 17.2 Å². The van der Waals surface area contributed by atoms with Gasteiger partial charge >= 0.3 is 6.01 Å². The fraction of sp³-hybridized carbons (Fsp3) is 0.500. The molecule has 0 fully saturated rings. The fourth-order valence-electron chi connectivity index (χ4n) is 3.02. The van der Waals surface area contributed by atoms with Gasteiger partial charge < -0.3 is 9.47 Å². The summed E-state index contributed by atoms with van der Waals surface area (Å²) < 4.78 is 13.0. The number of hydrogen-bond acceptors (Lipinski definition) is 4. The number of H-pyrrole nitrogens is 1. The summed E-state index contributed by atoms with van der Waals surface area (Å²) in [6.45, 7) is 9.43. The van der Waals surface area contributed by atoms with Crippen LogP contribution in [-0.4, -0.2) is 33.3 Å². The molecule has 0 aliphatic carbocycles. The zero-order valence-electron chi connectivity index (χ0n) is 16.6. The van der Waals surface area contributed by atoms with Crippen LogP contribution < -0.4 is 9.47 Å². The Morgan fingerprint density at radius 2 is 2.04 bits per heavy atom. The molecule has 146 valence electrons. The quantitative estimate of drug-likeness (QED) is 0.565. The van der Waals surface area contributed by atoms with Crippen LogP contribution >= 0.6 is 11.6 Å². The normalized spacial score (nSPS) is 11.9. The molecule has 3 aromatic rings. The molecule has 0 saturated carbocycles. The zero-order chi connectivity index (χ0) is 19.6. The molecule has 1 N–H and O–H groups in total. The van der Waals surface area contributed by atoms with E-state index in [0.29, 0.717) is 23.4 Å². The molecule has 1 aromatic carbocycles. The Morgan fingerprint density at radius 3 is 2.74 bits per heavy atom. The van der Waals surface area contributed by atoms with E-state index < -0.39 is 0 Å². The van der Waals surface area contributed by atoms with Gasteiger partial charge in [0.2, 0.25) is 0 Å². The summed E-state index contributed by atoms with van der Waals surface area (Å²) in [5.74, 6) is 1.77. The Labute approximate surface area is 164 Å². The number of imidazole rings is 1. The third-order valence-electron chi connectivity index (χ3n) is 5.04. The first-order valence-electron chi connectivity index (χ1n) is 9.26. The molecule has 0 aliphatic heterocycles. The van der Waals surface area contributed by atoms with Crippen LogP contribution in [-0.2, 0) is 11.8 Å². The first kappa shape index (κ1) is 19.5. The molecule has 2 aromatic heterocycles. The maximum atomic E-state index is 6.16. The first-order chi connectivity index (χ1) is 12.9.